The second kappa shape index (κ2) is 24.6. The first-order valence-electron chi connectivity index (χ1n) is 6.67. The van der Waals surface area contributed by atoms with Gasteiger partial charge in [-0.3, -0.25) is 4.79 Å². The summed E-state index contributed by atoms with van der Waals surface area (Å²) in [7, 11) is 1.67. The summed E-state index contributed by atoms with van der Waals surface area (Å²) >= 11 is 0. The summed E-state index contributed by atoms with van der Waals surface area (Å²) in [6.45, 7) is 9.13. The highest BCUT2D eigenvalue weighted by Crippen LogP contribution is 1.99. The number of unbranched alkanes of at least 4 members (excludes halogenated alkanes) is 2. The van der Waals surface area contributed by atoms with E-state index in [0.29, 0.717) is 13.0 Å². The second-order valence-electron chi connectivity index (χ2n) is 2.88. The van der Waals surface area contributed by atoms with Crippen molar-refractivity contribution in [3.8, 4) is 0 Å². The number of aliphatic hydroxyl groups excluding tert-OH is 1. The third-order valence-electron chi connectivity index (χ3n) is 1.69. The Balaban J connectivity index is -0.000000439. The fraction of sp³-hybridized carbons (Fsp3) is 0.923. The molecule has 0 aromatic rings. The fourth-order valence-electron chi connectivity index (χ4n) is 0.992. The van der Waals surface area contributed by atoms with E-state index < -0.39 is 0 Å². The van der Waals surface area contributed by atoms with Crippen molar-refractivity contribution in [2.45, 2.75) is 53.4 Å². The van der Waals surface area contributed by atoms with Crippen LogP contribution in [0.4, 0.5) is 0 Å². The predicted octanol–water partition coefficient (Wildman–Crippen LogP) is 2.35. The topological polar surface area (TPSA) is 58.6 Å². The van der Waals surface area contributed by atoms with E-state index in [-0.39, 0.29) is 12.5 Å². The molecule has 0 aliphatic heterocycles. The van der Waals surface area contributed by atoms with Crippen LogP contribution < -0.4 is 5.32 Å². The molecule has 0 aliphatic carbocycles. The molecule has 0 saturated carbocycles. The van der Waals surface area contributed by atoms with Crippen molar-refractivity contribution in [2.24, 2.45) is 0 Å². The van der Waals surface area contributed by atoms with Gasteiger partial charge in [0.05, 0.1) is 6.61 Å². The number of rotatable bonds is 8. The smallest absolute Gasteiger partial charge is 0.220 e. The molecule has 0 aliphatic rings. The van der Waals surface area contributed by atoms with Gasteiger partial charge < -0.3 is 15.2 Å². The van der Waals surface area contributed by atoms with Gasteiger partial charge in [-0.15, -0.1) is 0 Å². The van der Waals surface area contributed by atoms with Gasteiger partial charge in [0.25, 0.3) is 0 Å². The molecule has 0 rings (SSSR count). The van der Waals surface area contributed by atoms with E-state index in [0.717, 1.165) is 25.9 Å². The van der Waals surface area contributed by atoms with Gasteiger partial charge in [0, 0.05) is 26.7 Å². The lowest BCUT2D eigenvalue weighted by Gasteiger charge is -2.02. The van der Waals surface area contributed by atoms with Crippen LogP contribution in [-0.4, -0.2) is 37.9 Å². The number of hydrogen-bond acceptors (Lipinski definition) is 3. The summed E-state index contributed by atoms with van der Waals surface area (Å²) in [5, 5.41) is 11.0. The average Bonchev–Trinajstić information content (AvgIpc) is 2.41. The maximum absolute atomic E-state index is 11.0. The van der Waals surface area contributed by atoms with Gasteiger partial charge in [-0.05, 0) is 12.8 Å². The largest absolute Gasteiger partial charge is 0.395 e. The lowest BCUT2D eigenvalue weighted by Crippen LogP contribution is -2.25. The highest BCUT2D eigenvalue weighted by atomic mass is 16.5. The molecule has 0 aromatic carbocycles. The maximum atomic E-state index is 11.0. The normalized spacial score (nSPS) is 8.35. The fourth-order valence-corrected chi connectivity index (χ4v) is 0.992. The molecule has 0 radical (unpaired) electrons. The summed E-state index contributed by atoms with van der Waals surface area (Å²) in [4.78, 5) is 11.0. The number of carbonyl (C=O) groups excluding carboxylic acids is 1. The summed E-state index contributed by atoms with van der Waals surface area (Å²) in [6.07, 6.45) is 3.45. The average molecular weight is 249 g/mol. The van der Waals surface area contributed by atoms with Crippen molar-refractivity contribution in [1.29, 1.82) is 0 Å². The predicted molar refractivity (Wildman–Crippen MR) is 73.1 cm³/mol. The van der Waals surface area contributed by atoms with Crippen molar-refractivity contribution in [3.05, 3.63) is 0 Å². The molecule has 0 heterocycles. The number of nitrogens with one attached hydrogen (secondary N) is 1. The zero-order chi connectivity index (χ0) is 13.9. The Morgan fingerprint density at radius 2 is 1.71 bits per heavy atom. The van der Waals surface area contributed by atoms with Crippen LogP contribution in [0.2, 0.25) is 0 Å². The molecule has 4 nitrogen and oxygen atoms in total. The Hall–Kier alpha value is -0.610. The molecular formula is C13H31NO3. The van der Waals surface area contributed by atoms with E-state index in [1.165, 1.54) is 0 Å². The molecule has 0 aromatic heterocycles. The summed E-state index contributed by atoms with van der Waals surface area (Å²) in [6, 6.07) is 0. The number of ether oxygens (including phenoxy) is 1. The van der Waals surface area contributed by atoms with Crippen molar-refractivity contribution < 1.29 is 14.6 Å². The van der Waals surface area contributed by atoms with E-state index in [2.05, 4.69) is 5.32 Å². The van der Waals surface area contributed by atoms with Crippen molar-refractivity contribution in [3.63, 3.8) is 0 Å². The van der Waals surface area contributed by atoms with Crippen molar-refractivity contribution in [2.75, 3.05) is 26.9 Å². The number of methoxy groups -OCH3 is 1. The monoisotopic (exact) mass is 249 g/mol. The summed E-state index contributed by atoms with van der Waals surface area (Å²) in [5.74, 6) is 0.0199. The van der Waals surface area contributed by atoms with Crippen LogP contribution in [-0.2, 0) is 9.53 Å². The Kier molecular flexibility index (Phi) is 31.3. The molecule has 106 valence electrons. The van der Waals surface area contributed by atoms with E-state index in [1.807, 2.05) is 27.7 Å². The van der Waals surface area contributed by atoms with E-state index in [9.17, 15) is 4.79 Å². The lowest BCUT2D eigenvalue weighted by atomic mass is 10.2. The Bertz CT molecular complexity index is 130. The van der Waals surface area contributed by atoms with Gasteiger partial charge >= 0.3 is 0 Å². The molecule has 0 unspecified atom stereocenters. The highest BCUT2D eigenvalue weighted by Gasteiger charge is 1.98. The number of aliphatic hydroxyl groups is 1. The van der Waals surface area contributed by atoms with Crippen LogP contribution in [0.5, 0.6) is 0 Å². The quantitative estimate of drug-likeness (QED) is 0.649. The van der Waals surface area contributed by atoms with Crippen LogP contribution in [0, 0.1) is 0 Å². The second-order valence-corrected chi connectivity index (χ2v) is 2.88. The molecule has 4 heteroatoms. The minimum atomic E-state index is 0.00934. The summed E-state index contributed by atoms with van der Waals surface area (Å²) < 4.78 is 4.88. The number of amides is 1. The van der Waals surface area contributed by atoms with E-state index in [4.69, 9.17) is 9.84 Å². The third kappa shape index (κ3) is 25.6. The molecule has 1 amide bonds. The van der Waals surface area contributed by atoms with Crippen LogP contribution in [0.3, 0.4) is 0 Å². The van der Waals surface area contributed by atoms with Crippen LogP contribution in [0.1, 0.15) is 53.4 Å². The minimum absolute atomic E-state index is 0.00934. The zero-order valence-corrected chi connectivity index (χ0v) is 12.2. The van der Waals surface area contributed by atoms with Gasteiger partial charge in [0.15, 0.2) is 0 Å². The van der Waals surface area contributed by atoms with Gasteiger partial charge in [0.1, 0.15) is 0 Å². The third-order valence-corrected chi connectivity index (χ3v) is 1.69. The van der Waals surface area contributed by atoms with Gasteiger partial charge in [0.2, 0.25) is 5.91 Å². The first-order valence-corrected chi connectivity index (χ1v) is 6.67. The Morgan fingerprint density at radius 1 is 1.12 bits per heavy atom. The summed E-state index contributed by atoms with van der Waals surface area (Å²) in [5.41, 5.74) is 0. The maximum Gasteiger partial charge on any atom is 0.220 e. The molecule has 0 fully saturated rings. The Morgan fingerprint density at radius 3 is 2.18 bits per heavy atom. The van der Waals surface area contributed by atoms with Crippen LogP contribution >= 0.6 is 0 Å². The molecule has 0 saturated heterocycles. The van der Waals surface area contributed by atoms with E-state index >= 15 is 0 Å². The van der Waals surface area contributed by atoms with Gasteiger partial charge in [-0.2, -0.15) is 0 Å². The van der Waals surface area contributed by atoms with Crippen LogP contribution in [0.15, 0.2) is 0 Å². The number of hydrogen-bond donors (Lipinski definition) is 2. The molecule has 2 N–H and O–H groups in total. The van der Waals surface area contributed by atoms with Gasteiger partial charge in [-0.1, -0.05) is 34.1 Å². The molecule has 0 spiro atoms. The molecule has 0 bridgehead atoms. The number of carbonyl (C=O) groups is 1. The van der Waals surface area contributed by atoms with E-state index in [1.54, 1.807) is 7.11 Å². The standard InChI is InChI=1S/C9H19NO3.2C2H6/c1-13-8-4-2-3-5-9(12)10-6-7-11;2*1-2/h11H,2-8H2,1H3,(H,10,12);2*1-2H3. The molecular weight excluding hydrogens is 218 g/mol. The van der Waals surface area contributed by atoms with Crippen LogP contribution in [0.25, 0.3) is 0 Å². The first-order chi connectivity index (χ1) is 8.31. The van der Waals surface area contributed by atoms with Crippen molar-refractivity contribution in [1.82, 2.24) is 5.32 Å². The highest BCUT2D eigenvalue weighted by molar-refractivity contribution is 5.75. The molecule has 17 heavy (non-hydrogen) atoms. The SMILES string of the molecule is CC.CC.COCCCCCC(=O)NCCO. The Labute approximate surface area is 107 Å². The van der Waals surface area contributed by atoms with Gasteiger partial charge in [-0.25, -0.2) is 0 Å². The van der Waals surface area contributed by atoms with Crippen molar-refractivity contribution >= 4 is 5.91 Å². The first kappa shape index (κ1) is 21.7. The minimum Gasteiger partial charge on any atom is -0.395 e. The zero-order valence-electron chi connectivity index (χ0n) is 12.2. The molecule has 0 atom stereocenters. The lowest BCUT2D eigenvalue weighted by molar-refractivity contribution is -0.121.